The van der Waals surface area contributed by atoms with E-state index < -0.39 is 21.6 Å². The SMILES string of the molecule is CC(C)(C)OC(=O)NCc1cccc(C2CCN(C(=O)c3cccc(C[SH](C)(C)=O)c3)CC2)c1. The van der Waals surface area contributed by atoms with Gasteiger partial charge in [0, 0.05) is 31.0 Å². The van der Waals surface area contributed by atoms with Crippen LogP contribution in [0.1, 0.15) is 66.6 Å². The third kappa shape index (κ3) is 7.97. The van der Waals surface area contributed by atoms with Crippen LogP contribution in [0.2, 0.25) is 0 Å². The fraction of sp³-hybridized carbons (Fsp3) is 0.481. The smallest absolute Gasteiger partial charge is 0.407 e. The van der Waals surface area contributed by atoms with E-state index in [4.69, 9.17) is 4.74 Å². The number of carbonyl (C=O) groups is 2. The summed E-state index contributed by atoms with van der Waals surface area (Å²) in [6.07, 6.45) is 4.92. The van der Waals surface area contributed by atoms with Crippen molar-refractivity contribution in [2.45, 2.75) is 57.4 Å². The first-order chi connectivity index (χ1) is 15.9. The number of amides is 2. The van der Waals surface area contributed by atoms with E-state index in [0.29, 0.717) is 36.9 Å². The van der Waals surface area contributed by atoms with Gasteiger partial charge in [0.05, 0.1) is 0 Å². The van der Waals surface area contributed by atoms with Crippen LogP contribution in [0.5, 0.6) is 0 Å². The molecule has 0 atom stereocenters. The number of likely N-dealkylation sites (tertiary alicyclic amines) is 1. The van der Waals surface area contributed by atoms with E-state index in [0.717, 1.165) is 24.0 Å². The fourth-order valence-electron chi connectivity index (χ4n) is 4.29. The molecular weight excluding hydrogens is 448 g/mol. The zero-order chi connectivity index (χ0) is 24.9. The van der Waals surface area contributed by atoms with E-state index >= 15 is 0 Å². The lowest BCUT2D eigenvalue weighted by molar-refractivity contribution is 0.0523. The molecule has 6 nitrogen and oxygen atoms in total. The molecule has 1 aliphatic rings. The van der Waals surface area contributed by atoms with E-state index in [-0.39, 0.29) is 5.91 Å². The molecule has 1 heterocycles. The minimum absolute atomic E-state index is 0.0395. The Hall–Kier alpha value is -2.67. The van der Waals surface area contributed by atoms with Crippen LogP contribution in [-0.2, 0) is 27.0 Å². The first-order valence-electron chi connectivity index (χ1n) is 11.9. The molecule has 186 valence electrons. The standard InChI is InChI=1S/C27H38N2O4S/c1-27(2,3)33-26(31)28-18-20-8-6-10-23(16-20)22-12-14-29(15-13-22)25(30)24-11-7-9-21(17-24)19-34(4,5)32/h6-11,16-17,22,34H,12-15,18-19H2,1-5H3,(H,28,31). The number of piperidine rings is 1. The van der Waals surface area contributed by atoms with Crippen LogP contribution in [0.4, 0.5) is 4.79 Å². The van der Waals surface area contributed by atoms with Gasteiger partial charge in [0.25, 0.3) is 5.91 Å². The number of hydrogen-bond acceptors (Lipinski definition) is 4. The van der Waals surface area contributed by atoms with Crippen molar-refractivity contribution in [3.8, 4) is 0 Å². The number of benzene rings is 2. The summed E-state index contributed by atoms with van der Waals surface area (Å²) in [6, 6.07) is 15.8. The third-order valence-electron chi connectivity index (χ3n) is 5.78. The summed E-state index contributed by atoms with van der Waals surface area (Å²) in [5.74, 6) is 0.926. The normalized spacial score (nSPS) is 15.6. The Morgan fingerprint density at radius 3 is 2.32 bits per heavy atom. The molecule has 2 amide bonds. The van der Waals surface area contributed by atoms with Gasteiger partial charge in [0.15, 0.2) is 0 Å². The lowest BCUT2D eigenvalue weighted by Gasteiger charge is -2.32. The molecule has 0 aromatic heterocycles. The average molecular weight is 487 g/mol. The van der Waals surface area contributed by atoms with Crippen LogP contribution in [0, 0.1) is 0 Å². The molecule has 0 spiro atoms. The molecule has 0 saturated carbocycles. The van der Waals surface area contributed by atoms with Gasteiger partial charge in [-0.05, 0) is 80.9 Å². The van der Waals surface area contributed by atoms with Gasteiger partial charge >= 0.3 is 6.09 Å². The lowest BCUT2D eigenvalue weighted by atomic mass is 9.88. The zero-order valence-corrected chi connectivity index (χ0v) is 21.9. The van der Waals surface area contributed by atoms with E-state index in [9.17, 15) is 13.8 Å². The van der Waals surface area contributed by atoms with Crippen molar-refractivity contribution in [2.24, 2.45) is 0 Å². The number of nitrogens with zero attached hydrogens (tertiary/aromatic N) is 1. The number of alkyl carbamates (subject to hydrolysis) is 1. The van der Waals surface area contributed by atoms with Gasteiger partial charge in [-0.25, -0.2) is 4.79 Å². The highest BCUT2D eigenvalue weighted by atomic mass is 32.2. The van der Waals surface area contributed by atoms with Gasteiger partial charge in [-0.3, -0.25) is 9.00 Å². The van der Waals surface area contributed by atoms with Crippen molar-refractivity contribution in [3.63, 3.8) is 0 Å². The van der Waals surface area contributed by atoms with Crippen molar-refractivity contribution in [1.82, 2.24) is 10.2 Å². The number of nitrogens with one attached hydrogen (secondary N) is 1. The van der Waals surface area contributed by atoms with Gasteiger partial charge in [-0.2, -0.15) is 0 Å². The van der Waals surface area contributed by atoms with E-state index in [1.54, 1.807) is 12.5 Å². The summed E-state index contributed by atoms with van der Waals surface area (Å²) in [7, 11) is -2.19. The second-order valence-electron chi connectivity index (χ2n) is 10.6. The van der Waals surface area contributed by atoms with Gasteiger partial charge < -0.3 is 15.0 Å². The van der Waals surface area contributed by atoms with E-state index in [1.807, 2.05) is 62.1 Å². The van der Waals surface area contributed by atoms with Crippen molar-refractivity contribution < 1.29 is 18.5 Å². The average Bonchev–Trinajstić information content (AvgIpc) is 2.75. The number of carbonyl (C=O) groups excluding carboxylic acids is 2. The maximum Gasteiger partial charge on any atom is 0.407 e. The lowest BCUT2D eigenvalue weighted by Crippen LogP contribution is -2.38. The topological polar surface area (TPSA) is 75.7 Å². The second-order valence-corrected chi connectivity index (χ2v) is 14.1. The quantitative estimate of drug-likeness (QED) is 0.589. The molecule has 34 heavy (non-hydrogen) atoms. The monoisotopic (exact) mass is 486 g/mol. The Kier molecular flexibility index (Phi) is 8.18. The van der Waals surface area contributed by atoms with Gasteiger partial charge in [0.1, 0.15) is 5.60 Å². The number of ether oxygens (including phenoxy) is 1. The Bertz CT molecular complexity index is 1060. The molecule has 1 saturated heterocycles. The van der Waals surface area contributed by atoms with Crippen LogP contribution in [0.25, 0.3) is 0 Å². The van der Waals surface area contributed by atoms with Crippen molar-refractivity contribution in [1.29, 1.82) is 0 Å². The largest absolute Gasteiger partial charge is 0.444 e. The van der Waals surface area contributed by atoms with Crippen LogP contribution in [-0.4, -0.2) is 52.3 Å². The Morgan fingerprint density at radius 2 is 1.68 bits per heavy atom. The highest BCUT2D eigenvalue weighted by molar-refractivity contribution is 8.00. The van der Waals surface area contributed by atoms with Crippen LogP contribution in [0.3, 0.4) is 0 Å². The third-order valence-corrected chi connectivity index (χ3v) is 6.90. The minimum Gasteiger partial charge on any atom is -0.444 e. The van der Waals surface area contributed by atoms with Crippen molar-refractivity contribution in [3.05, 3.63) is 70.8 Å². The Labute approximate surface area is 204 Å². The minimum atomic E-state index is -2.19. The summed E-state index contributed by atoms with van der Waals surface area (Å²) in [4.78, 5) is 26.9. The van der Waals surface area contributed by atoms with E-state index in [1.165, 1.54) is 5.56 Å². The molecule has 1 fully saturated rings. The predicted octanol–water partition coefficient (Wildman–Crippen LogP) is 4.51. The predicted molar refractivity (Wildman–Crippen MR) is 139 cm³/mol. The Balaban J connectivity index is 1.56. The molecule has 0 radical (unpaired) electrons. The number of rotatable bonds is 6. The molecule has 1 N–H and O–H groups in total. The zero-order valence-electron chi connectivity index (χ0n) is 21.0. The van der Waals surface area contributed by atoms with Gasteiger partial charge in [0.2, 0.25) is 0 Å². The highest BCUT2D eigenvalue weighted by Gasteiger charge is 2.25. The summed E-state index contributed by atoms with van der Waals surface area (Å²) >= 11 is 0. The first-order valence-corrected chi connectivity index (χ1v) is 14.7. The molecule has 2 aromatic carbocycles. The summed E-state index contributed by atoms with van der Waals surface area (Å²) in [5.41, 5.74) is 3.36. The first kappa shape index (κ1) is 25.9. The number of thiol groups is 1. The molecule has 1 aliphatic heterocycles. The summed E-state index contributed by atoms with van der Waals surface area (Å²) < 4.78 is 17.5. The van der Waals surface area contributed by atoms with Crippen molar-refractivity contribution >= 4 is 21.9 Å². The maximum atomic E-state index is 13.1. The van der Waals surface area contributed by atoms with Crippen LogP contribution < -0.4 is 5.32 Å². The van der Waals surface area contributed by atoms with Crippen molar-refractivity contribution in [2.75, 3.05) is 25.6 Å². The maximum absolute atomic E-state index is 13.1. The molecule has 3 rings (SSSR count). The molecular formula is C27H38N2O4S. The summed E-state index contributed by atoms with van der Waals surface area (Å²) in [5, 5.41) is 2.81. The fourth-order valence-corrected chi connectivity index (χ4v) is 5.36. The van der Waals surface area contributed by atoms with E-state index in [2.05, 4.69) is 17.4 Å². The van der Waals surface area contributed by atoms with Crippen LogP contribution >= 0.6 is 0 Å². The molecule has 0 unspecified atom stereocenters. The van der Waals surface area contributed by atoms with Crippen LogP contribution in [0.15, 0.2) is 48.5 Å². The molecule has 2 aromatic rings. The second kappa shape index (κ2) is 10.7. The molecule has 0 aliphatic carbocycles. The number of hydrogen-bond donors (Lipinski definition) is 2. The Morgan fingerprint density at radius 1 is 1.03 bits per heavy atom. The highest BCUT2D eigenvalue weighted by Crippen LogP contribution is 2.29. The summed E-state index contributed by atoms with van der Waals surface area (Å²) in [6.45, 7) is 7.35. The molecule has 7 heteroatoms. The molecule has 0 bridgehead atoms. The van der Waals surface area contributed by atoms with Gasteiger partial charge in [-0.15, -0.1) is 9.93 Å². The van der Waals surface area contributed by atoms with Gasteiger partial charge in [-0.1, -0.05) is 36.4 Å².